The fourth-order valence-corrected chi connectivity index (χ4v) is 3.30. The molecule has 1 aromatic carbocycles. The van der Waals surface area contributed by atoms with Gasteiger partial charge in [-0.3, -0.25) is 4.90 Å². The number of sulfonamides is 1. The Morgan fingerprint density at radius 3 is 2.04 bits per heavy atom. The first-order valence-electron chi connectivity index (χ1n) is 6.58. The molecule has 24 heavy (non-hydrogen) atoms. The van der Waals surface area contributed by atoms with Crippen LogP contribution in [0.15, 0.2) is 11.0 Å². The van der Waals surface area contributed by atoms with Crippen molar-refractivity contribution in [2.45, 2.75) is 4.90 Å². The number of nitrogens with one attached hydrogen (secondary N) is 2. The summed E-state index contributed by atoms with van der Waals surface area (Å²) in [4.78, 5) is 0.308. The largest absolute Gasteiger partial charge is 0.314 e. The minimum Gasteiger partial charge on any atom is -0.314 e. The summed E-state index contributed by atoms with van der Waals surface area (Å²) in [6.07, 6.45) is 0. The maximum atomic E-state index is 13.5. The molecule has 0 spiro atoms. The summed E-state index contributed by atoms with van der Waals surface area (Å²) in [5.74, 6) is -7.40. The molecule has 0 aliphatic carbocycles. The topological polar surface area (TPSA) is 61.4 Å². The van der Waals surface area contributed by atoms with Gasteiger partial charge in [-0.25, -0.2) is 30.7 Å². The smallest absolute Gasteiger partial charge is 0.246 e. The van der Waals surface area contributed by atoms with Crippen molar-refractivity contribution in [2.75, 3.05) is 39.3 Å². The van der Waals surface area contributed by atoms with E-state index in [2.05, 4.69) is 5.32 Å². The van der Waals surface area contributed by atoms with E-state index in [1.807, 2.05) is 9.62 Å². The van der Waals surface area contributed by atoms with Crippen LogP contribution in [0.5, 0.6) is 0 Å². The van der Waals surface area contributed by atoms with E-state index in [1.54, 1.807) is 0 Å². The van der Waals surface area contributed by atoms with Crippen LogP contribution in [0.4, 0.5) is 17.6 Å². The van der Waals surface area contributed by atoms with E-state index in [9.17, 15) is 26.0 Å². The van der Waals surface area contributed by atoms with Crippen LogP contribution < -0.4 is 10.0 Å². The summed E-state index contributed by atoms with van der Waals surface area (Å²) in [5, 5.41) is 3.11. The summed E-state index contributed by atoms with van der Waals surface area (Å²) in [6, 6.07) is -0.0373. The zero-order valence-corrected chi connectivity index (χ0v) is 14.8. The first-order chi connectivity index (χ1) is 10.3. The molecule has 2 rings (SSSR count). The van der Waals surface area contributed by atoms with Crippen molar-refractivity contribution >= 4 is 34.8 Å². The highest BCUT2D eigenvalue weighted by Crippen LogP contribution is 2.23. The van der Waals surface area contributed by atoms with Crippen LogP contribution in [0.1, 0.15) is 0 Å². The lowest BCUT2D eigenvalue weighted by molar-refractivity contribution is 0.245. The molecule has 2 N–H and O–H groups in total. The van der Waals surface area contributed by atoms with Gasteiger partial charge in [0.15, 0.2) is 28.2 Å². The number of hydrogen-bond donors (Lipinski definition) is 2. The molecule has 0 unspecified atom stereocenters. The van der Waals surface area contributed by atoms with Gasteiger partial charge < -0.3 is 5.32 Å². The van der Waals surface area contributed by atoms with Gasteiger partial charge in [-0.15, -0.1) is 24.8 Å². The van der Waals surface area contributed by atoms with Crippen molar-refractivity contribution in [1.82, 2.24) is 14.9 Å². The minimum absolute atomic E-state index is 0. The molecular weight excluding hydrogens is 397 g/mol. The second-order valence-corrected chi connectivity index (χ2v) is 6.49. The van der Waals surface area contributed by atoms with E-state index in [4.69, 9.17) is 0 Å². The van der Waals surface area contributed by atoms with Crippen LogP contribution in [0.25, 0.3) is 0 Å². The van der Waals surface area contributed by atoms with Gasteiger partial charge in [-0.1, -0.05) is 0 Å². The number of benzene rings is 1. The fraction of sp³-hybridized carbons (Fsp3) is 0.500. The Morgan fingerprint density at radius 1 is 1.04 bits per heavy atom. The third kappa shape index (κ3) is 5.43. The predicted octanol–water partition coefficient (Wildman–Crippen LogP) is 1.27. The van der Waals surface area contributed by atoms with Gasteiger partial charge in [0.25, 0.3) is 0 Å². The summed E-state index contributed by atoms with van der Waals surface area (Å²) in [7, 11) is -4.69. The lowest BCUT2D eigenvalue weighted by atomic mass is 10.3. The quantitative estimate of drug-likeness (QED) is 0.563. The molecule has 1 aliphatic rings. The van der Waals surface area contributed by atoms with Crippen molar-refractivity contribution in [2.24, 2.45) is 0 Å². The Labute approximate surface area is 149 Å². The van der Waals surface area contributed by atoms with Crippen molar-refractivity contribution in [3.63, 3.8) is 0 Å². The zero-order valence-electron chi connectivity index (χ0n) is 12.3. The number of hydrogen-bond acceptors (Lipinski definition) is 4. The molecule has 12 heteroatoms. The Kier molecular flexibility index (Phi) is 9.47. The van der Waals surface area contributed by atoms with Crippen LogP contribution in [0.2, 0.25) is 0 Å². The van der Waals surface area contributed by atoms with E-state index in [0.29, 0.717) is 19.6 Å². The van der Waals surface area contributed by atoms with Gasteiger partial charge in [0, 0.05) is 45.3 Å². The molecule has 0 aromatic heterocycles. The second-order valence-electron chi connectivity index (χ2n) is 4.79. The van der Waals surface area contributed by atoms with Crippen molar-refractivity contribution < 1.29 is 26.0 Å². The molecule has 1 heterocycles. The summed E-state index contributed by atoms with van der Waals surface area (Å²) >= 11 is 0. The normalized spacial score (nSPS) is 15.5. The number of piperazine rings is 1. The van der Waals surface area contributed by atoms with Crippen molar-refractivity contribution in [3.8, 4) is 0 Å². The Bertz CT molecular complexity index is 632. The maximum Gasteiger partial charge on any atom is 0.246 e. The first kappa shape index (κ1) is 23.4. The SMILES string of the molecule is Cl.Cl.O=S(=O)(NCCN1CCNCC1)c1c(F)c(F)cc(F)c1F. The van der Waals surface area contributed by atoms with Gasteiger partial charge in [0.2, 0.25) is 10.0 Å². The van der Waals surface area contributed by atoms with Gasteiger partial charge in [-0.2, -0.15) is 0 Å². The number of halogens is 6. The van der Waals surface area contributed by atoms with Crippen LogP contribution >= 0.6 is 24.8 Å². The number of nitrogens with zero attached hydrogens (tertiary/aromatic N) is 1. The first-order valence-corrected chi connectivity index (χ1v) is 8.07. The van der Waals surface area contributed by atoms with E-state index in [1.165, 1.54) is 0 Å². The molecule has 1 aliphatic heterocycles. The summed E-state index contributed by atoms with van der Waals surface area (Å²) in [5.41, 5.74) is 0. The molecule has 0 bridgehead atoms. The van der Waals surface area contributed by atoms with Gasteiger partial charge in [0.05, 0.1) is 0 Å². The van der Waals surface area contributed by atoms with Gasteiger partial charge >= 0.3 is 0 Å². The van der Waals surface area contributed by atoms with Crippen molar-refractivity contribution in [3.05, 3.63) is 29.3 Å². The van der Waals surface area contributed by atoms with Gasteiger partial charge in [0.1, 0.15) is 0 Å². The molecule has 0 saturated carbocycles. The molecule has 0 radical (unpaired) electrons. The molecule has 1 fully saturated rings. The molecule has 0 atom stereocenters. The average Bonchev–Trinajstić information content (AvgIpc) is 2.46. The predicted molar refractivity (Wildman–Crippen MR) is 85.3 cm³/mol. The summed E-state index contributed by atoms with van der Waals surface area (Å²) in [6.45, 7) is 3.12. The summed E-state index contributed by atoms with van der Waals surface area (Å²) < 4.78 is 78.8. The van der Waals surface area contributed by atoms with Crippen LogP contribution in [-0.4, -0.2) is 52.6 Å². The van der Waals surface area contributed by atoms with E-state index >= 15 is 0 Å². The average molecular weight is 414 g/mol. The lowest BCUT2D eigenvalue weighted by Gasteiger charge is -2.27. The monoisotopic (exact) mass is 413 g/mol. The standard InChI is InChI=1S/C12H15F4N3O2S.2ClH/c13-8-7-9(14)11(16)12(10(8)15)22(20,21)18-3-6-19-4-1-17-2-5-19;;/h7,17-18H,1-6H2;2*1H. The third-order valence-corrected chi connectivity index (χ3v) is 4.75. The molecule has 1 aromatic rings. The van der Waals surface area contributed by atoms with E-state index < -0.39 is 38.2 Å². The zero-order chi connectivity index (χ0) is 16.3. The lowest BCUT2D eigenvalue weighted by Crippen LogP contribution is -2.46. The minimum atomic E-state index is -4.69. The van der Waals surface area contributed by atoms with Gasteiger partial charge in [-0.05, 0) is 0 Å². The highest BCUT2D eigenvalue weighted by atomic mass is 35.5. The Hall–Kier alpha value is -0.650. The molecule has 140 valence electrons. The maximum absolute atomic E-state index is 13.5. The van der Waals surface area contributed by atoms with E-state index in [0.717, 1.165) is 13.1 Å². The highest BCUT2D eigenvalue weighted by Gasteiger charge is 2.29. The molecule has 1 saturated heterocycles. The van der Waals surface area contributed by atoms with E-state index in [-0.39, 0.29) is 37.4 Å². The Morgan fingerprint density at radius 2 is 1.54 bits per heavy atom. The molecule has 5 nitrogen and oxygen atoms in total. The molecule has 0 amide bonds. The van der Waals surface area contributed by atoms with Crippen LogP contribution in [0, 0.1) is 23.3 Å². The second kappa shape index (κ2) is 9.73. The number of rotatable bonds is 5. The third-order valence-electron chi connectivity index (χ3n) is 3.27. The van der Waals surface area contributed by atoms with Crippen LogP contribution in [0.3, 0.4) is 0 Å². The van der Waals surface area contributed by atoms with Crippen LogP contribution in [-0.2, 0) is 10.0 Å². The Balaban J connectivity index is 0.00000264. The van der Waals surface area contributed by atoms with Crippen molar-refractivity contribution in [1.29, 1.82) is 0 Å². The fourth-order valence-electron chi connectivity index (χ4n) is 2.13. The highest BCUT2D eigenvalue weighted by molar-refractivity contribution is 7.89. The molecular formula is C12H17Cl2F4N3O2S.